The smallest absolute Gasteiger partial charge is 0.418 e. The zero-order chi connectivity index (χ0) is 20.9. The lowest BCUT2D eigenvalue weighted by Crippen LogP contribution is -2.37. The van der Waals surface area contributed by atoms with Crippen molar-refractivity contribution in [1.82, 2.24) is 4.90 Å². The summed E-state index contributed by atoms with van der Waals surface area (Å²) in [5.74, 6) is -1.02. The van der Waals surface area contributed by atoms with Gasteiger partial charge in [0.1, 0.15) is 5.75 Å². The van der Waals surface area contributed by atoms with Gasteiger partial charge in [-0.2, -0.15) is 13.2 Å². The highest BCUT2D eigenvalue weighted by molar-refractivity contribution is 6.42. The Balaban J connectivity index is 1.91. The van der Waals surface area contributed by atoms with Crippen molar-refractivity contribution in [2.75, 3.05) is 25.5 Å². The first-order valence-electron chi connectivity index (χ1n) is 7.86. The molecule has 0 saturated carbocycles. The van der Waals surface area contributed by atoms with Crippen molar-refractivity contribution in [1.29, 1.82) is 0 Å². The van der Waals surface area contributed by atoms with Crippen molar-refractivity contribution >= 4 is 40.7 Å². The molecule has 0 aliphatic rings. The summed E-state index contributed by atoms with van der Waals surface area (Å²) in [6, 6.07) is 9.02. The molecule has 2 amide bonds. The van der Waals surface area contributed by atoms with Gasteiger partial charge in [0.15, 0.2) is 6.61 Å². The summed E-state index contributed by atoms with van der Waals surface area (Å²) >= 11 is 11.6. The van der Waals surface area contributed by atoms with Crippen LogP contribution in [0.15, 0.2) is 42.5 Å². The SMILES string of the molecule is CN(CC(=O)Nc1ccccc1C(F)(F)F)C(=O)COc1ccc(Cl)c(Cl)c1. The fourth-order valence-electron chi connectivity index (χ4n) is 2.15. The van der Waals surface area contributed by atoms with Crippen molar-refractivity contribution in [3.63, 3.8) is 0 Å². The van der Waals surface area contributed by atoms with Crippen LogP contribution in [0.4, 0.5) is 18.9 Å². The monoisotopic (exact) mass is 434 g/mol. The molecule has 0 aromatic heterocycles. The third kappa shape index (κ3) is 6.03. The summed E-state index contributed by atoms with van der Waals surface area (Å²) < 4.78 is 44.1. The molecule has 0 bridgehead atoms. The molecule has 1 N–H and O–H groups in total. The highest BCUT2D eigenvalue weighted by atomic mass is 35.5. The predicted molar refractivity (Wildman–Crippen MR) is 99.7 cm³/mol. The van der Waals surface area contributed by atoms with Crippen LogP contribution in [0.5, 0.6) is 5.75 Å². The molecule has 0 saturated heterocycles. The minimum atomic E-state index is -4.61. The van der Waals surface area contributed by atoms with Crippen LogP contribution in [0, 0.1) is 0 Å². The summed E-state index contributed by atoms with van der Waals surface area (Å²) in [4.78, 5) is 25.1. The number of hydrogen-bond donors (Lipinski definition) is 1. The summed E-state index contributed by atoms with van der Waals surface area (Å²) in [5, 5.41) is 2.74. The van der Waals surface area contributed by atoms with E-state index in [0.29, 0.717) is 10.8 Å². The number of nitrogens with one attached hydrogen (secondary N) is 1. The van der Waals surface area contributed by atoms with Crippen molar-refractivity contribution in [2.24, 2.45) is 0 Å². The number of likely N-dealkylation sites (N-methyl/N-ethyl adjacent to an activating group) is 1. The molecular formula is C18H15Cl2F3N2O3. The zero-order valence-electron chi connectivity index (χ0n) is 14.5. The van der Waals surface area contributed by atoms with E-state index in [-0.39, 0.29) is 17.3 Å². The fourth-order valence-corrected chi connectivity index (χ4v) is 2.44. The molecule has 2 rings (SSSR count). The van der Waals surface area contributed by atoms with Crippen molar-refractivity contribution in [3.05, 3.63) is 58.1 Å². The number of anilines is 1. The summed E-state index contributed by atoms with van der Waals surface area (Å²) in [7, 11) is 1.33. The minimum Gasteiger partial charge on any atom is -0.484 e. The molecule has 0 atom stereocenters. The van der Waals surface area contributed by atoms with Crippen LogP contribution < -0.4 is 10.1 Å². The number of carbonyl (C=O) groups excluding carboxylic acids is 2. The topological polar surface area (TPSA) is 58.6 Å². The van der Waals surface area contributed by atoms with Crippen molar-refractivity contribution < 1.29 is 27.5 Å². The molecule has 0 unspecified atom stereocenters. The maximum atomic E-state index is 13.0. The fraction of sp³-hybridized carbons (Fsp3) is 0.222. The van der Waals surface area contributed by atoms with E-state index in [9.17, 15) is 22.8 Å². The van der Waals surface area contributed by atoms with E-state index in [2.05, 4.69) is 5.32 Å². The zero-order valence-corrected chi connectivity index (χ0v) is 16.0. The Kier molecular flexibility index (Phi) is 7.15. The molecule has 5 nitrogen and oxygen atoms in total. The maximum Gasteiger partial charge on any atom is 0.418 e. The quantitative estimate of drug-likeness (QED) is 0.728. The Labute approximate surface area is 169 Å². The van der Waals surface area contributed by atoms with Crippen LogP contribution in [0.25, 0.3) is 0 Å². The van der Waals surface area contributed by atoms with Gasteiger partial charge in [-0.05, 0) is 24.3 Å². The predicted octanol–water partition coefficient (Wildman–Crippen LogP) is 4.49. The maximum absolute atomic E-state index is 13.0. The van der Waals surface area contributed by atoms with Crippen LogP contribution in [0.2, 0.25) is 10.0 Å². The van der Waals surface area contributed by atoms with Crippen LogP contribution in [0.1, 0.15) is 5.56 Å². The highest BCUT2D eigenvalue weighted by Crippen LogP contribution is 2.34. The molecule has 150 valence electrons. The number of benzene rings is 2. The Bertz CT molecular complexity index is 875. The van der Waals surface area contributed by atoms with Crippen molar-refractivity contribution in [2.45, 2.75) is 6.18 Å². The molecule has 0 aliphatic carbocycles. The lowest BCUT2D eigenvalue weighted by Gasteiger charge is -2.18. The summed E-state index contributed by atoms with van der Waals surface area (Å²) in [6.07, 6.45) is -4.61. The average Bonchev–Trinajstić information content (AvgIpc) is 2.61. The van der Waals surface area contributed by atoms with E-state index in [1.54, 1.807) is 0 Å². The highest BCUT2D eigenvalue weighted by Gasteiger charge is 2.33. The van der Waals surface area contributed by atoms with E-state index in [1.807, 2.05) is 0 Å². The van der Waals surface area contributed by atoms with Gasteiger partial charge in [0.05, 0.1) is 27.8 Å². The molecule has 10 heteroatoms. The Morgan fingerprint density at radius 2 is 1.79 bits per heavy atom. The molecule has 28 heavy (non-hydrogen) atoms. The second kappa shape index (κ2) is 9.16. The van der Waals surface area contributed by atoms with Gasteiger partial charge in [-0.25, -0.2) is 0 Å². The normalized spacial score (nSPS) is 11.1. The summed E-state index contributed by atoms with van der Waals surface area (Å²) in [6.45, 7) is -0.837. The van der Waals surface area contributed by atoms with Crippen LogP contribution in [0.3, 0.4) is 0 Å². The molecule has 0 heterocycles. The number of nitrogens with zero attached hydrogens (tertiary/aromatic N) is 1. The first-order valence-corrected chi connectivity index (χ1v) is 8.61. The number of carbonyl (C=O) groups is 2. The molecular weight excluding hydrogens is 420 g/mol. The van der Waals surface area contributed by atoms with Gasteiger partial charge >= 0.3 is 6.18 Å². The number of rotatable bonds is 6. The van der Waals surface area contributed by atoms with Gasteiger partial charge in [-0.1, -0.05) is 35.3 Å². The average molecular weight is 435 g/mol. The van der Waals surface area contributed by atoms with E-state index >= 15 is 0 Å². The molecule has 2 aromatic carbocycles. The standard InChI is InChI=1S/C18H15Cl2F3N2O3/c1-25(17(27)10-28-11-6-7-13(19)14(20)8-11)9-16(26)24-15-5-3-2-4-12(15)18(21,22)23/h2-8H,9-10H2,1H3,(H,24,26). The van der Waals surface area contributed by atoms with Crippen LogP contribution in [-0.2, 0) is 15.8 Å². The van der Waals surface area contributed by atoms with Gasteiger partial charge in [0.2, 0.25) is 5.91 Å². The first kappa shape index (κ1) is 21.8. The van der Waals surface area contributed by atoms with Gasteiger partial charge < -0.3 is 15.0 Å². The molecule has 0 fully saturated rings. The van der Waals surface area contributed by atoms with Crippen LogP contribution in [-0.4, -0.2) is 36.9 Å². The number of amides is 2. The summed E-state index contributed by atoms with van der Waals surface area (Å²) in [5.41, 5.74) is -1.35. The third-order valence-electron chi connectivity index (χ3n) is 3.57. The Morgan fingerprint density at radius 1 is 1.11 bits per heavy atom. The van der Waals surface area contributed by atoms with Gasteiger partial charge in [0, 0.05) is 13.1 Å². The van der Waals surface area contributed by atoms with E-state index < -0.39 is 30.1 Å². The third-order valence-corrected chi connectivity index (χ3v) is 4.31. The molecule has 0 spiro atoms. The number of hydrogen-bond acceptors (Lipinski definition) is 3. The Morgan fingerprint density at radius 3 is 2.43 bits per heavy atom. The largest absolute Gasteiger partial charge is 0.484 e. The van der Waals surface area contributed by atoms with E-state index in [0.717, 1.165) is 17.0 Å². The van der Waals surface area contributed by atoms with Gasteiger partial charge in [-0.15, -0.1) is 0 Å². The number of ether oxygens (including phenoxy) is 1. The minimum absolute atomic E-state index is 0.252. The lowest BCUT2D eigenvalue weighted by atomic mass is 10.1. The molecule has 2 aromatic rings. The number of para-hydroxylation sites is 1. The van der Waals surface area contributed by atoms with Gasteiger partial charge in [-0.3, -0.25) is 9.59 Å². The second-order valence-electron chi connectivity index (χ2n) is 5.71. The van der Waals surface area contributed by atoms with Crippen LogP contribution >= 0.6 is 23.2 Å². The molecule has 0 radical (unpaired) electrons. The Hall–Kier alpha value is -2.45. The molecule has 0 aliphatic heterocycles. The second-order valence-corrected chi connectivity index (χ2v) is 6.52. The lowest BCUT2D eigenvalue weighted by molar-refractivity contribution is -0.137. The van der Waals surface area contributed by atoms with E-state index in [4.69, 9.17) is 27.9 Å². The number of alkyl halides is 3. The van der Waals surface area contributed by atoms with Crippen molar-refractivity contribution in [3.8, 4) is 5.75 Å². The first-order chi connectivity index (χ1) is 13.1. The van der Waals surface area contributed by atoms with Gasteiger partial charge in [0.25, 0.3) is 5.91 Å². The number of halogens is 5. The van der Waals surface area contributed by atoms with E-state index in [1.165, 1.54) is 37.4 Å².